The second-order valence-corrected chi connectivity index (χ2v) is 11.4. The zero-order valence-electron chi connectivity index (χ0n) is 23.3. The molecular formula is C31H35F2N5O2. The Bertz CT molecular complexity index is 1470. The van der Waals surface area contributed by atoms with E-state index in [2.05, 4.69) is 22.1 Å². The first-order valence-corrected chi connectivity index (χ1v) is 14.1. The number of nitrogens with zero attached hydrogens (tertiary/aromatic N) is 5. The first-order valence-electron chi connectivity index (χ1n) is 14.1. The normalized spacial score (nSPS) is 17.4. The molecule has 0 bridgehead atoms. The van der Waals surface area contributed by atoms with E-state index in [0.717, 1.165) is 73.4 Å². The van der Waals surface area contributed by atoms with Gasteiger partial charge in [0, 0.05) is 87.9 Å². The Balaban J connectivity index is 1.44. The van der Waals surface area contributed by atoms with Crippen molar-refractivity contribution < 1.29 is 18.4 Å². The number of aryl methyl sites for hydroxylation is 2. The molecule has 0 N–H and O–H groups in total. The maximum Gasteiger partial charge on any atom is 0.264 e. The molecule has 4 heterocycles. The lowest BCUT2D eigenvalue weighted by Crippen LogP contribution is -2.36. The van der Waals surface area contributed by atoms with Gasteiger partial charge in [0.05, 0.1) is 6.20 Å². The third-order valence-corrected chi connectivity index (χ3v) is 8.82. The summed E-state index contributed by atoms with van der Waals surface area (Å²) in [5.74, 6) is 0.439. The number of carbonyl (C=O) groups excluding carboxylic acids is 2. The molecular weight excluding hydrogens is 512 g/mol. The van der Waals surface area contributed by atoms with Crippen LogP contribution in [-0.4, -0.2) is 51.0 Å². The van der Waals surface area contributed by atoms with Crippen LogP contribution in [0.3, 0.4) is 0 Å². The van der Waals surface area contributed by atoms with Crippen molar-refractivity contribution in [2.75, 3.05) is 24.5 Å². The van der Waals surface area contributed by atoms with Crippen LogP contribution in [0.1, 0.15) is 73.3 Å². The number of hydrogen-bond acceptors (Lipinski definition) is 4. The van der Waals surface area contributed by atoms with Crippen molar-refractivity contribution in [3.05, 3.63) is 64.5 Å². The van der Waals surface area contributed by atoms with Crippen molar-refractivity contribution in [2.45, 2.75) is 65.0 Å². The second-order valence-electron chi connectivity index (χ2n) is 11.4. The van der Waals surface area contributed by atoms with E-state index in [0.29, 0.717) is 30.1 Å². The van der Waals surface area contributed by atoms with E-state index in [-0.39, 0.29) is 17.4 Å². The molecule has 7 nitrogen and oxygen atoms in total. The van der Waals surface area contributed by atoms with E-state index in [1.807, 2.05) is 15.9 Å². The van der Waals surface area contributed by atoms with Crippen molar-refractivity contribution in [3.8, 4) is 11.1 Å². The zero-order valence-corrected chi connectivity index (χ0v) is 23.3. The maximum absolute atomic E-state index is 14.5. The summed E-state index contributed by atoms with van der Waals surface area (Å²) < 4.78 is 30.5. The number of fused-ring (bicyclic) bond motifs is 2. The van der Waals surface area contributed by atoms with E-state index >= 15 is 0 Å². The van der Waals surface area contributed by atoms with E-state index in [4.69, 9.17) is 0 Å². The van der Waals surface area contributed by atoms with Crippen LogP contribution in [0.2, 0.25) is 0 Å². The molecule has 1 aromatic heterocycles. The first-order chi connectivity index (χ1) is 19.2. The highest BCUT2D eigenvalue weighted by Crippen LogP contribution is 2.45. The lowest BCUT2D eigenvalue weighted by atomic mass is 9.86. The van der Waals surface area contributed by atoms with Crippen LogP contribution >= 0.6 is 0 Å². The van der Waals surface area contributed by atoms with Gasteiger partial charge in [0.2, 0.25) is 11.8 Å². The van der Waals surface area contributed by atoms with Crippen molar-refractivity contribution >= 4 is 23.2 Å². The molecule has 0 aliphatic carbocycles. The van der Waals surface area contributed by atoms with E-state index in [1.54, 1.807) is 44.0 Å². The molecule has 9 heteroatoms. The minimum absolute atomic E-state index is 0.00779. The van der Waals surface area contributed by atoms with Gasteiger partial charge in [-0.1, -0.05) is 6.07 Å². The van der Waals surface area contributed by atoms with Crippen LogP contribution in [0.4, 0.5) is 20.2 Å². The first kappa shape index (κ1) is 26.5. The fraction of sp³-hybridized carbons (Fsp3) is 0.452. The molecule has 2 aromatic carbocycles. The molecule has 0 unspecified atom stereocenters. The molecule has 3 aliphatic heterocycles. The molecule has 6 rings (SSSR count). The number of rotatable bonds is 4. The molecule has 0 spiro atoms. The number of hydrogen-bond donors (Lipinski definition) is 0. The lowest BCUT2D eigenvalue weighted by Gasteiger charge is -2.36. The Hall–Kier alpha value is -3.75. The van der Waals surface area contributed by atoms with Gasteiger partial charge in [-0.2, -0.15) is 5.10 Å². The van der Waals surface area contributed by atoms with Gasteiger partial charge in [0.25, 0.3) is 6.43 Å². The predicted octanol–water partition coefficient (Wildman–Crippen LogP) is 5.70. The Morgan fingerprint density at radius 3 is 2.33 bits per heavy atom. The van der Waals surface area contributed by atoms with Gasteiger partial charge in [-0.05, 0) is 72.1 Å². The Morgan fingerprint density at radius 2 is 1.68 bits per heavy atom. The van der Waals surface area contributed by atoms with Crippen LogP contribution in [0.5, 0.6) is 0 Å². The van der Waals surface area contributed by atoms with Crippen LogP contribution in [0.25, 0.3) is 11.1 Å². The number of benzene rings is 2. The predicted molar refractivity (Wildman–Crippen MR) is 150 cm³/mol. The summed E-state index contributed by atoms with van der Waals surface area (Å²) in [6.45, 7) is 6.47. The topological polar surface area (TPSA) is 61.7 Å². The van der Waals surface area contributed by atoms with Crippen molar-refractivity contribution in [1.29, 1.82) is 0 Å². The average molecular weight is 548 g/mol. The van der Waals surface area contributed by atoms with Crippen molar-refractivity contribution in [3.63, 3.8) is 0 Å². The van der Waals surface area contributed by atoms with E-state index < -0.39 is 6.43 Å². The average Bonchev–Trinajstić information content (AvgIpc) is 3.58. The molecule has 0 radical (unpaired) electrons. The van der Waals surface area contributed by atoms with Crippen LogP contribution < -0.4 is 4.90 Å². The van der Waals surface area contributed by atoms with Gasteiger partial charge >= 0.3 is 0 Å². The van der Waals surface area contributed by atoms with Gasteiger partial charge in [0.15, 0.2) is 0 Å². The smallest absolute Gasteiger partial charge is 0.264 e. The standard InChI is InChI=1S/C31H35F2N5O2/c1-19(39)36-9-6-21(7-10-36)23-11-24-17-37(20(2)40)18-28(24)30(13-23)38-8-4-5-22-12-26(25-15-34-35(3)16-25)27(31(32)33)14-29(22)38/h11-16,21,31H,4-10,17-18H2,1-3H3. The zero-order chi connectivity index (χ0) is 28.1. The van der Waals surface area contributed by atoms with Crippen LogP contribution in [-0.2, 0) is 36.1 Å². The summed E-state index contributed by atoms with van der Waals surface area (Å²) >= 11 is 0. The highest BCUT2D eigenvalue weighted by molar-refractivity contribution is 5.80. The van der Waals surface area contributed by atoms with E-state index in [1.165, 1.54) is 5.56 Å². The second kappa shape index (κ2) is 10.3. The Kier molecular flexibility index (Phi) is 6.84. The molecule has 0 atom stereocenters. The largest absolute Gasteiger partial charge is 0.343 e. The number of carbonyl (C=O) groups is 2. The summed E-state index contributed by atoms with van der Waals surface area (Å²) in [6.07, 6.45) is 4.27. The molecule has 1 saturated heterocycles. The molecule has 3 aromatic rings. The number of aromatic nitrogens is 2. The molecule has 40 heavy (non-hydrogen) atoms. The van der Waals surface area contributed by atoms with Gasteiger partial charge in [-0.3, -0.25) is 14.3 Å². The maximum atomic E-state index is 14.5. The molecule has 2 amide bonds. The lowest BCUT2D eigenvalue weighted by molar-refractivity contribution is -0.130. The van der Waals surface area contributed by atoms with Gasteiger partial charge < -0.3 is 14.7 Å². The highest BCUT2D eigenvalue weighted by atomic mass is 19.3. The number of halogens is 2. The number of amides is 2. The number of likely N-dealkylation sites (tertiary alicyclic amines) is 1. The quantitative estimate of drug-likeness (QED) is 0.421. The van der Waals surface area contributed by atoms with E-state index in [9.17, 15) is 18.4 Å². The number of alkyl halides is 2. The SMILES string of the molecule is CC(=O)N1CCC(c2cc3c(c(N4CCCc5cc(-c6cnn(C)c6)c(C(F)F)cc54)c2)CN(C(C)=O)C3)CC1. The fourth-order valence-electron chi connectivity index (χ4n) is 6.63. The van der Waals surface area contributed by atoms with Crippen LogP contribution in [0.15, 0.2) is 36.7 Å². The minimum Gasteiger partial charge on any atom is -0.343 e. The third-order valence-electron chi connectivity index (χ3n) is 8.82. The van der Waals surface area contributed by atoms with Gasteiger partial charge in [-0.25, -0.2) is 8.78 Å². The summed E-state index contributed by atoms with van der Waals surface area (Å²) in [4.78, 5) is 30.2. The number of piperidine rings is 1. The monoisotopic (exact) mass is 547 g/mol. The summed E-state index contributed by atoms with van der Waals surface area (Å²) in [5.41, 5.74) is 7.54. The molecule has 3 aliphatic rings. The summed E-state index contributed by atoms with van der Waals surface area (Å²) in [6, 6.07) is 8.05. The summed E-state index contributed by atoms with van der Waals surface area (Å²) in [7, 11) is 1.79. The highest BCUT2D eigenvalue weighted by Gasteiger charge is 2.32. The Morgan fingerprint density at radius 1 is 0.925 bits per heavy atom. The fourth-order valence-corrected chi connectivity index (χ4v) is 6.63. The van der Waals surface area contributed by atoms with Gasteiger partial charge in [-0.15, -0.1) is 0 Å². The van der Waals surface area contributed by atoms with Crippen molar-refractivity contribution in [1.82, 2.24) is 19.6 Å². The number of anilines is 2. The van der Waals surface area contributed by atoms with Gasteiger partial charge in [0.1, 0.15) is 0 Å². The molecule has 210 valence electrons. The minimum atomic E-state index is -2.62. The summed E-state index contributed by atoms with van der Waals surface area (Å²) in [5, 5.41) is 4.20. The third kappa shape index (κ3) is 4.75. The molecule has 0 saturated carbocycles. The van der Waals surface area contributed by atoms with Crippen molar-refractivity contribution in [2.24, 2.45) is 7.05 Å². The molecule has 1 fully saturated rings. The Labute approximate surface area is 233 Å². The van der Waals surface area contributed by atoms with Crippen LogP contribution in [0, 0.1) is 0 Å².